The third-order valence-electron chi connectivity index (χ3n) is 3.98. The Bertz CT molecular complexity index is 421. The molecule has 0 saturated carbocycles. The molecule has 1 heterocycles. The summed E-state index contributed by atoms with van der Waals surface area (Å²) in [6.45, 7) is 6.97. The summed E-state index contributed by atoms with van der Waals surface area (Å²) in [6.07, 6.45) is 2.34. The number of carbonyl (C=O) groups excluding carboxylic acids is 1. The summed E-state index contributed by atoms with van der Waals surface area (Å²) >= 11 is 0. The fraction of sp³-hybridized carbons (Fsp3) is 0.733. The number of carboxylic acids is 1. The number of hydrogen-bond acceptors (Lipinski definition) is 2. The second-order valence-corrected chi connectivity index (χ2v) is 5.72. The van der Waals surface area contributed by atoms with Gasteiger partial charge in [0.2, 0.25) is 0 Å². The van der Waals surface area contributed by atoms with Gasteiger partial charge in [0.15, 0.2) is 0 Å². The first-order valence-corrected chi connectivity index (χ1v) is 7.05. The summed E-state index contributed by atoms with van der Waals surface area (Å²) in [5, 5.41) is 12.1. The van der Waals surface area contributed by atoms with Crippen LogP contribution in [0.1, 0.15) is 40.0 Å². The molecule has 1 aliphatic rings. The number of likely N-dealkylation sites (tertiary alicyclic amines) is 1. The van der Waals surface area contributed by atoms with Crippen molar-refractivity contribution < 1.29 is 14.7 Å². The van der Waals surface area contributed by atoms with E-state index in [-0.39, 0.29) is 11.9 Å². The zero-order valence-electron chi connectivity index (χ0n) is 12.5. The summed E-state index contributed by atoms with van der Waals surface area (Å²) in [7, 11) is 0. The lowest BCUT2D eigenvalue weighted by molar-refractivity contribution is -0.151. The Hall–Kier alpha value is -1.70. The van der Waals surface area contributed by atoms with Gasteiger partial charge in [-0.05, 0) is 39.5 Å². The standard InChI is InChI=1S/C15H24N2O3/c1-4-5-6-9-16-14(20)17-10-7-8-12(11-17)15(2,3)13(18)19/h12H,6-11H2,1-3H3,(H,16,20)(H,18,19). The van der Waals surface area contributed by atoms with Crippen LogP contribution in [0.3, 0.4) is 0 Å². The van der Waals surface area contributed by atoms with Crippen molar-refractivity contribution in [1.82, 2.24) is 10.2 Å². The monoisotopic (exact) mass is 280 g/mol. The van der Waals surface area contributed by atoms with Crippen molar-refractivity contribution in [2.75, 3.05) is 19.6 Å². The molecule has 1 rings (SSSR count). The first-order chi connectivity index (χ1) is 9.39. The Morgan fingerprint density at radius 3 is 2.75 bits per heavy atom. The number of urea groups is 1. The highest BCUT2D eigenvalue weighted by Gasteiger charge is 2.39. The Morgan fingerprint density at radius 1 is 1.45 bits per heavy atom. The van der Waals surface area contributed by atoms with Crippen molar-refractivity contribution in [3.63, 3.8) is 0 Å². The fourth-order valence-electron chi connectivity index (χ4n) is 2.39. The van der Waals surface area contributed by atoms with Crippen molar-refractivity contribution in [3.8, 4) is 11.8 Å². The van der Waals surface area contributed by atoms with E-state index in [1.165, 1.54) is 0 Å². The van der Waals surface area contributed by atoms with Crippen LogP contribution in [0.4, 0.5) is 4.79 Å². The van der Waals surface area contributed by atoms with E-state index in [4.69, 9.17) is 0 Å². The zero-order chi connectivity index (χ0) is 15.2. The number of piperidine rings is 1. The first kappa shape index (κ1) is 16.4. The Labute approximate surface area is 120 Å². The minimum atomic E-state index is -0.803. The number of nitrogens with zero attached hydrogens (tertiary/aromatic N) is 1. The minimum Gasteiger partial charge on any atom is -0.481 e. The lowest BCUT2D eigenvalue weighted by atomic mass is 9.74. The predicted molar refractivity (Wildman–Crippen MR) is 77.2 cm³/mol. The molecule has 1 fully saturated rings. The van der Waals surface area contributed by atoms with Gasteiger partial charge in [0, 0.05) is 26.1 Å². The zero-order valence-corrected chi connectivity index (χ0v) is 12.5. The molecule has 1 unspecified atom stereocenters. The molecule has 5 nitrogen and oxygen atoms in total. The molecule has 0 radical (unpaired) electrons. The highest BCUT2D eigenvalue weighted by atomic mass is 16.4. The molecule has 20 heavy (non-hydrogen) atoms. The molecule has 1 saturated heterocycles. The number of amides is 2. The normalized spacial score (nSPS) is 18.9. The van der Waals surface area contributed by atoms with Crippen molar-refractivity contribution >= 4 is 12.0 Å². The van der Waals surface area contributed by atoms with Crippen molar-refractivity contribution in [3.05, 3.63) is 0 Å². The van der Waals surface area contributed by atoms with E-state index in [1.54, 1.807) is 25.7 Å². The molecule has 0 spiro atoms. The molecule has 5 heteroatoms. The first-order valence-electron chi connectivity index (χ1n) is 7.05. The van der Waals surface area contributed by atoms with Crippen molar-refractivity contribution in [1.29, 1.82) is 0 Å². The highest BCUT2D eigenvalue weighted by molar-refractivity contribution is 5.76. The molecule has 0 bridgehead atoms. The second kappa shape index (κ2) is 7.18. The van der Waals surface area contributed by atoms with Crippen LogP contribution in [0, 0.1) is 23.2 Å². The third kappa shape index (κ3) is 4.16. The van der Waals surface area contributed by atoms with Crippen molar-refractivity contribution in [2.24, 2.45) is 11.3 Å². The molecule has 0 aliphatic carbocycles. The quantitative estimate of drug-likeness (QED) is 0.610. The summed E-state index contributed by atoms with van der Waals surface area (Å²) in [4.78, 5) is 25.0. The number of aliphatic carboxylic acids is 1. The SMILES string of the molecule is CC#CCCNC(=O)N1CCCC(C(C)(C)C(=O)O)C1. The van der Waals surface area contributed by atoms with Gasteiger partial charge < -0.3 is 15.3 Å². The van der Waals surface area contributed by atoms with Crippen LogP contribution in [0.15, 0.2) is 0 Å². The average molecular weight is 280 g/mol. The van der Waals surface area contributed by atoms with Crippen LogP contribution in [-0.4, -0.2) is 41.6 Å². The van der Waals surface area contributed by atoms with E-state index in [9.17, 15) is 14.7 Å². The summed E-state index contributed by atoms with van der Waals surface area (Å²) < 4.78 is 0. The fourth-order valence-corrected chi connectivity index (χ4v) is 2.39. The topological polar surface area (TPSA) is 69.6 Å². The molecule has 1 atom stereocenters. The molecular formula is C15H24N2O3. The van der Waals surface area contributed by atoms with Gasteiger partial charge in [-0.25, -0.2) is 4.79 Å². The molecule has 2 N–H and O–H groups in total. The predicted octanol–water partition coefficient (Wildman–Crippen LogP) is 1.93. The Balaban J connectivity index is 2.53. The summed E-state index contributed by atoms with van der Waals surface area (Å²) in [5.41, 5.74) is -0.799. The lowest BCUT2D eigenvalue weighted by Gasteiger charge is -2.39. The number of carboxylic acid groups (broad SMARTS) is 1. The van der Waals surface area contributed by atoms with Gasteiger partial charge in [-0.15, -0.1) is 11.8 Å². The number of carbonyl (C=O) groups is 2. The summed E-state index contributed by atoms with van der Waals surface area (Å²) in [5.74, 6) is 4.87. The van der Waals surface area contributed by atoms with Crippen LogP contribution in [0.2, 0.25) is 0 Å². The third-order valence-corrected chi connectivity index (χ3v) is 3.98. The number of hydrogen-bond donors (Lipinski definition) is 2. The van der Waals surface area contributed by atoms with Crippen LogP contribution in [0.25, 0.3) is 0 Å². The number of rotatable bonds is 4. The smallest absolute Gasteiger partial charge is 0.317 e. The lowest BCUT2D eigenvalue weighted by Crippen LogP contribution is -2.50. The number of nitrogens with one attached hydrogen (secondary N) is 1. The van der Waals surface area contributed by atoms with E-state index in [0.29, 0.717) is 26.1 Å². The molecular weight excluding hydrogens is 256 g/mol. The Morgan fingerprint density at radius 2 is 2.15 bits per heavy atom. The maximum atomic E-state index is 12.0. The van der Waals surface area contributed by atoms with Crippen LogP contribution >= 0.6 is 0 Å². The Kier molecular flexibility index (Phi) is 5.87. The average Bonchev–Trinajstić information content (AvgIpc) is 2.43. The van der Waals surface area contributed by atoms with Gasteiger partial charge >= 0.3 is 12.0 Å². The molecule has 0 aromatic rings. The van der Waals surface area contributed by atoms with Gasteiger partial charge in [0.1, 0.15) is 0 Å². The molecule has 112 valence electrons. The molecule has 0 aromatic carbocycles. The van der Waals surface area contributed by atoms with Crippen LogP contribution in [-0.2, 0) is 4.79 Å². The molecule has 1 aliphatic heterocycles. The highest BCUT2D eigenvalue weighted by Crippen LogP contribution is 2.34. The molecule has 0 aromatic heterocycles. The van der Waals surface area contributed by atoms with Gasteiger partial charge in [0.25, 0.3) is 0 Å². The van der Waals surface area contributed by atoms with E-state index in [0.717, 1.165) is 12.8 Å². The van der Waals surface area contributed by atoms with Gasteiger partial charge in [-0.1, -0.05) is 0 Å². The van der Waals surface area contributed by atoms with Gasteiger partial charge in [-0.3, -0.25) is 4.79 Å². The van der Waals surface area contributed by atoms with E-state index in [2.05, 4.69) is 17.2 Å². The summed E-state index contributed by atoms with van der Waals surface area (Å²) in [6, 6.07) is -0.117. The maximum absolute atomic E-state index is 12.0. The molecule has 2 amide bonds. The largest absolute Gasteiger partial charge is 0.481 e. The van der Waals surface area contributed by atoms with Crippen molar-refractivity contribution in [2.45, 2.75) is 40.0 Å². The minimum absolute atomic E-state index is 0.00469. The second-order valence-electron chi connectivity index (χ2n) is 5.72. The van der Waals surface area contributed by atoms with Crippen LogP contribution < -0.4 is 5.32 Å². The van der Waals surface area contributed by atoms with Gasteiger partial charge in [0.05, 0.1) is 5.41 Å². The van der Waals surface area contributed by atoms with E-state index in [1.807, 2.05) is 0 Å². The van der Waals surface area contributed by atoms with Gasteiger partial charge in [-0.2, -0.15) is 0 Å². The van der Waals surface area contributed by atoms with Crippen LogP contribution in [0.5, 0.6) is 0 Å². The van der Waals surface area contributed by atoms with E-state index >= 15 is 0 Å². The van der Waals surface area contributed by atoms with E-state index < -0.39 is 11.4 Å². The maximum Gasteiger partial charge on any atom is 0.317 e.